The van der Waals surface area contributed by atoms with Gasteiger partial charge in [0, 0.05) is 22.4 Å². The molecule has 0 saturated carbocycles. The van der Waals surface area contributed by atoms with E-state index in [0.717, 1.165) is 27.9 Å². The molecule has 0 atom stereocenters. The van der Waals surface area contributed by atoms with E-state index in [1.54, 1.807) is 0 Å². The van der Waals surface area contributed by atoms with E-state index in [9.17, 15) is 0 Å². The van der Waals surface area contributed by atoms with E-state index in [0.29, 0.717) is 17.5 Å². The van der Waals surface area contributed by atoms with E-state index in [4.69, 9.17) is 15.0 Å². The number of anilines is 3. The number of aromatic nitrogens is 3. The lowest BCUT2D eigenvalue weighted by Gasteiger charge is -2.45. The van der Waals surface area contributed by atoms with Crippen molar-refractivity contribution >= 4 is 27.8 Å². The number of benzene rings is 10. The average Bonchev–Trinajstić information content (AvgIpc) is 3.70. The summed E-state index contributed by atoms with van der Waals surface area (Å²) in [6, 6.07) is 87.3. The number of fused-ring (bicyclic) bond motifs is 10. The largest absolute Gasteiger partial charge is 0.310 e. The molecule has 1 spiro atoms. The normalized spacial score (nSPS) is 12.9. The molecule has 11 aromatic rings. The van der Waals surface area contributed by atoms with E-state index >= 15 is 0 Å². The molecule has 0 bridgehead atoms. The van der Waals surface area contributed by atoms with Crippen molar-refractivity contribution in [2.75, 3.05) is 4.90 Å². The molecule has 4 nitrogen and oxygen atoms in total. The molecular formula is C62H40N4. The molecule has 0 fully saturated rings. The minimum Gasteiger partial charge on any atom is -0.310 e. The molecule has 1 aromatic heterocycles. The highest BCUT2D eigenvalue weighted by Gasteiger charge is 2.52. The lowest BCUT2D eigenvalue weighted by Crippen LogP contribution is -2.36. The van der Waals surface area contributed by atoms with Crippen molar-refractivity contribution in [2.24, 2.45) is 0 Å². The summed E-state index contributed by atoms with van der Waals surface area (Å²) in [6.45, 7) is 0. The van der Waals surface area contributed by atoms with Crippen LogP contribution in [0.15, 0.2) is 243 Å². The van der Waals surface area contributed by atoms with E-state index in [-0.39, 0.29) is 0 Å². The van der Waals surface area contributed by atoms with E-state index in [1.165, 1.54) is 72.2 Å². The van der Waals surface area contributed by atoms with Gasteiger partial charge in [-0.15, -0.1) is 0 Å². The van der Waals surface area contributed by atoms with Crippen LogP contribution in [-0.4, -0.2) is 15.0 Å². The molecule has 13 rings (SSSR count). The average molecular weight is 841 g/mol. The minimum atomic E-state index is -0.555. The molecule has 308 valence electrons. The summed E-state index contributed by atoms with van der Waals surface area (Å²) in [5.74, 6) is 1.92. The Hall–Kier alpha value is -8.73. The van der Waals surface area contributed by atoms with Crippen molar-refractivity contribution < 1.29 is 0 Å². The van der Waals surface area contributed by atoms with Crippen molar-refractivity contribution in [1.29, 1.82) is 0 Å². The van der Waals surface area contributed by atoms with E-state index in [1.807, 2.05) is 60.7 Å². The summed E-state index contributed by atoms with van der Waals surface area (Å²) in [7, 11) is 0. The Kier molecular flexibility index (Phi) is 8.72. The van der Waals surface area contributed by atoms with Crippen LogP contribution < -0.4 is 4.90 Å². The van der Waals surface area contributed by atoms with Crippen LogP contribution in [-0.2, 0) is 5.41 Å². The summed E-state index contributed by atoms with van der Waals surface area (Å²) in [4.78, 5) is 17.5. The fourth-order valence-electron chi connectivity index (χ4n) is 10.8. The van der Waals surface area contributed by atoms with Crippen LogP contribution in [0.25, 0.3) is 78.3 Å². The second-order valence-corrected chi connectivity index (χ2v) is 17.1. The highest BCUT2D eigenvalue weighted by Crippen LogP contribution is 2.64. The molecule has 2 heterocycles. The standard InChI is InChI=1S/C62H40N4/c1-4-20-43(21-5-1)59-63-60(44-22-6-2-7-23-44)65-61(64-59)45-37-35-42(36-38-45)57-47-26-11-10-19-41(47)39-40-49(57)48-28-18-32-54-58(48)50-27-12-13-29-51(50)62(54)52-30-14-16-33-55(52)66(46-24-8-3-9-25-46)56-34-17-15-31-53(56)62/h1-40H. The molecule has 1 aliphatic heterocycles. The Morgan fingerprint density at radius 2 is 0.742 bits per heavy atom. The first-order valence-electron chi connectivity index (χ1n) is 22.5. The van der Waals surface area contributed by atoms with Gasteiger partial charge >= 0.3 is 0 Å². The molecule has 66 heavy (non-hydrogen) atoms. The number of nitrogens with zero attached hydrogens (tertiary/aromatic N) is 4. The lowest BCUT2D eigenvalue weighted by molar-refractivity contribution is 0.753. The highest BCUT2D eigenvalue weighted by atomic mass is 15.2. The number of rotatable bonds is 6. The van der Waals surface area contributed by atoms with Crippen LogP contribution in [0.1, 0.15) is 22.3 Å². The van der Waals surface area contributed by atoms with Crippen LogP contribution in [0.4, 0.5) is 17.1 Å². The van der Waals surface area contributed by atoms with Crippen LogP contribution >= 0.6 is 0 Å². The molecule has 0 unspecified atom stereocenters. The lowest BCUT2D eigenvalue weighted by atomic mass is 9.64. The zero-order valence-corrected chi connectivity index (χ0v) is 35.9. The van der Waals surface area contributed by atoms with Gasteiger partial charge in [0.25, 0.3) is 0 Å². The molecule has 10 aromatic carbocycles. The summed E-state index contributed by atoms with van der Waals surface area (Å²) < 4.78 is 0. The van der Waals surface area contributed by atoms with Crippen molar-refractivity contribution in [3.05, 3.63) is 265 Å². The maximum Gasteiger partial charge on any atom is 0.164 e. The monoisotopic (exact) mass is 840 g/mol. The van der Waals surface area contributed by atoms with Crippen LogP contribution in [0.2, 0.25) is 0 Å². The van der Waals surface area contributed by atoms with E-state index < -0.39 is 5.41 Å². The second kappa shape index (κ2) is 15.2. The second-order valence-electron chi connectivity index (χ2n) is 17.1. The molecule has 1 aliphatic carbocycles. The van der Waals surface area contributed by atoms with Gasteiger partial charge in [-0.25, -0.2) is 15.0 Å². The van der Waals surface area contributed by atoms with Crippen LogP contribution in [0.5, 0.6) is 0 Å². The quantitative estimate of drug-likeness (QED) is 0.167. The first-order valence-corrected chi connectivity index (χ1v) is 22.5. The Morgan fingerprint density at radius 1 is 0.288 bits per heavy atom. The Morgan fingerprint density at radius 3 is 1.38 bits per heavy atom. The van der Waals surface area contributed by atoms with Gasteiger partial charge in [-0.2, -0.15) is 0 Å². The number of hydrogen-bond acceptors (Lipinski definition) is 4. The molecule has 0 radical (unpaired) electrons. The van der Waals surface area contributed by atoms with Gasteiger partial charge in [-0.05, 0) is 90.7 Å². The van der Waals surface area contributed by atoms with Gasteiger partial charge in [0.05, 0.1) is 16.8 Å². The van der Waals surface area contributed by atoms with Gasteiger partial charge in [0.15, 0.2) is 17.5 Å². The maximum absolute atomic E-state index is 5.05. The summed E-state index contributed by atoms with van der Waals surface area (Å²) >= 11 is 0. The topological polar surface area (TPSA) is 41.9 Å². The van der Waals surface area contributed by atoms with Gasteiger partial charge in [0.2, 0.25) is 0 Å². The van der Waals surface area contributed by atoms with Gasteiger partial charge < -0.3 is 4.90 Å². The summed E-state index contributed by atoms with van der Waals surface area (Å²) in [5.41, 5.74) is 18.2. The molecular weight excluding hydrogens is 801 g/mol. The Bertz CT molecular complexity index is 3540. The fourth-order valence-corrected chi connectivity index (χ4v) is 10.8. The molecule has 0 amide bonds. The SMILES string of the molecule is c1ccc(-c2nc(-c3ccccc3)nc(-c3ccc(-c4c(-c5cccc6c5-c5ccccc5C65c6ccccc6N(c6ccccc6)c6ccccc65)ccc5ccccc45)cc3)n2)cc1. The predicted molar refractivity (Wildman–Crippen MR) is 270 cm³/mol. The summed E-state index contributed by atoms with van der Waals surface area (Å²) in [5, 5.41) is 2.39. The predicted octanol–water partition coefficient (Wildman–Crippen LogP) is 15.5. The number of hydrogen-bond donors (Lipinski definition) is 0. The Labute approximate surface area is 383 Å². The molecule has 4 heteroatoms. The van der Waals surface area contributed by atoms with Crippen LogP contribution in [0, 0.1) is 0 Å². The summed E-state index contributed by atoms with van der Waals surface area (Å²) in [6.07, 6.45) is 0. The zero-order chi connectivity index (χ0) is 43.6. The van der Waals surface area contributed by atoms with Crippen molar-refractivity contribution in [2.45, 2.75) is 5.41 Å². The highest BCUT2D eigenvalue weighted by molar-refractivity contribution is 6.08. The van der Waals surface area contributed by atoms with Gasteiger partial charge in [-0.3, -0.25) is 0 Å². The fraction of sp³-hybridized carbons (Fsp3) is 0.0161. The minimum absolute atomic E-state index is 0.555. The van der Waals surface area contributed by atoms with Crippen molar-refractivity contribution in [3.63, 3.8) is 0 Å². The first-order chi connectivity index (χ1) is 32.8. The van der Waals surface area contributed by atoms with Gasteiger partial charge in [-0.1, -0.05) is 218 Å². The van der Waals surface area contributed by atoms with Crippen LogP contribution in [0.3, 0.4) is 0 Å². The molecule has 2 aliphatic rings. The molecule has 0 saturated heterocycles. The third kappa shape index (κ3) is 5.75. The van der Waals surface area contributed by atoms with Crippen molar-refractivity contribution in [3.8, 4) is 67.5 Å². The van der Waals surface area contributed by atoms with E-state index in [2.05, 4.69) is 187 Å². The number of para-hydroxylation sites is 3. The molecule has 0 N–H and O–H groups in total. The third-order valence-corrected chi connectivity index (χ3v) is 13.5. The maximum atomic E-state index is 5.05. The van der Waals surface area contributed by atoms with Crippen molar-refractivity contribution in [1.82, 2.24) is 15.0 Å². The van der Waals surface area contributed by atoms with Gasteiger partial charge in [0.1, 0.15) is 0 Å². The smallest absolute Gasteiger partial charge is 0.164 e. The third-order valence-electron chi connectivity index (χ3n) is 13.5. The zero-order valence-electron chi connectivity index (χ0n) is 35.9. The Balaban J connectivity index is 1.01. The first kappa shape index (κ1) is 37.8.